The third kappa shape index (κ3) is 4.82. The van der Waals surface area contributed by atoms with E-state index in [-0.39, 0.29) is 5.78 Å². The molecule has 1 N–H and O–H groups in total. The monoisotopic (exact) mass is 307 g/mol. The number of ketones is 1. The van der Waals surface area contributed by atoms with Crippen molar-refractivity contribution in [3.05, 3.63) is 77.5 Å². The Morgan fingerprint density at radius 2 is 1.57 bits per heavy atom. The molecule has 0 fully saturated rings. The molecule has 0 atom stereocenters. The Morgan fingerprint density at radius 3 is 2.17 bits per heavy atom. The van der Waals surface area contributed by atoms with Crippen LogP contribution in [-0.2, 0) is 0 Å². The first-order valence-electron chi connectivity index (χ1n) is 8.14. The van der Waals surface area contributed by atoms with Gasteiger partial charge in [0, 0.05) is 23.5 Å². The van der Waals surface area contributed by atoms with E-state index in [1.165, 1.54) is 11.1 Å². The average molecular weight is 307 g/mol. The van der Waals surface area contributed by atoms with Crippen LogP contribution in [0.3, 0.4) is 0 Å². The molecule has 2 nitrogen and oxygen atoms in total. The summed E-state index contributed by atoms with van der Waals surface area (Å²) in [6.45, 7) is 8.62. The predicted molar refractivity (Wildman–Crippen MR) is 98.2 cm³/mol. The van der Waals surface area contributed by atoms with Gasteiger partial charge < -0.3 is 5.32 Å². The third-order valence-electron chi connectivity index (χ3n) is 3.90. The molecular weight excluding hydrogens is 282 g/mol. The summed E-state index contributed by atoms with van der Waals surface area (Å²) in [5.41, 5.74) is 4.23. The molecule has 2 aromatic carbocycles. The Kier molecular flexibility index (Phi) is 5.75. The Bertz CT molecular complexity index is 681. The maximum Gasteiger partial charge on any atom is 0.187 e. The molecule has 0 amide bonds. The zero-order valence-electron chi connectivity index (χ0n) is 14.3. The summed E-state index contributed by atoms with van der Waals surface area (Å²) in [6.07, 6.45) is 3.28. The molecule has 2 heteroatoms. The number of rotatable bonds is 6. The van der Waals surface area contributed by atoms with Gasteiger partial charge in [-0.1, -0.05) is 64.1 Å². The highest BCUT2D eigenvalue weighted by atomic mass is 16.1. The second kappa shape index (κ2) is 7.77. The van der Waals surface area contributed by atoms with Crippen LogP contribution in [0.1, 0.15) is 61.0 Å². The SMILES string of the molecule is CC(C)c1ccc(C(=O)C=CNc2cccc(C(C)C)c2)cc1. The van der Waals surface area contributed by atoms with E-state index in [2.05, 4.69) is 45.1 Å². The molecule has 0 saturated heterocycles. The minimum Gasteiger partial charge on any atom is -0.362 e. The normalized spacial score (nSPS) is 11.4. The Morgan fingerprint density at radius 1 is 0.913 bits per heavy atom. The van der Waals surface area contributed by atoms with Gasteiger partial charge in [-0.2, -0.15) is 0 Å². The molecule has 120 valence electrons. The lowest BCUT2D eigenvalue weighted by molar-refractivity contribution is 0.104. The van der Waals surface area contributed by atoms with Crippen molar-refractivity contribution >= 4 is 11.5 Å². The molecule has 0 spiro atoms. The second-order valence-electron chi connectivity index (χ2n) is 6.40. The molecule has 0 aliphatic carbocycles. The largest absolute Gasteiger partial charge is 0.362 e. The van der Waals surface area contributed by atoms with Gasteiger partial charge in [0.1, 0.15) is 0 Å². The number of anilines is 1. The van der Waals surface area contributed by atoms with Crippen LogP contribution in [0.2, 0.25) is 0 Å². The predicted octanol–water partition coefficient (Wildman–Crippen LogP) is 5.74. The molecule has 0 radical (unpaired) electrons. The fraction of sp³-hybridized carbons (Fsp3) is 0.286. The van der Waals surface area contributed by atoms with Gasteiger partial charge in [-0.25, -0.2) is 0 Å². The number of nitrogens with one attached hydrogen (secondary N) is 1. The smallest absolute Gasteiger partial charge is 0.187 e. The van der Waals surface area contributed by atoms with Gasteiger partial charge in [-0.15, -0.1) is 0 Å². The van der Waals surface area contributed by atoms with Crippen LogP contribution in [0.15, 0.2) is 60.8 Å². The zero-order chi connectivity index (χ0) is 16.8. The molecule has 0 bridgehead atoms. The summed E-state index contributed by atoms with van der Waals surface area (Å²) < 4.78 is 0. The molecule has 0 unspecified atom stereocenters. The van der Waals surface area contributed by atoms with Crippen molar-refractivity contribution in [1.82, 2.24) is 0 Å². The molecule has 2 rings (SSSR count). The van der Waals surface area contributed by atoms with Gasteiger partial charge in [0.15, 0.2) is 5.78 Å². The van der Waals surface area contributed by atoms with Gasteiger partial charge >= 0.3 is 0 Å². The van der Waals surface area contributed by atoms with E-state index >= 15 is 0 Å². The lowest BCUT2D eigenvalue weighted by Gasteiger charge is -2.08. The number of carbonyl (C=O) groups is 1. The Labute approximate surface area is 139 Å². The van der Waals surface area contributed by atoms with Crippen molar-refractivity contribution in [3.63, 3.8) is 0 Å². The molecule has 0 aromatic heterocycles. The van der Waals surface area contributed by atoms with Crippen molar-refractivity contribution in [1.29, 1.82) is 0 Å². The van der Waals surface area contributed by atoms with E-state index < -0.39 is 0 Å². The molecule has 0 aliphatic heterocycles. The highest BCUT2D eigenvalue weighted by Crippen LogP contribution is 2.18. The van der Waals surface area contributed by atoms with E-state index in [0.29, 0.717) is 17.4 Å². The second-order valence-corrected chi connectivity index (χ2v) is 6.40. The summed E-state index contributed by atoms with van der Waals surface area (Å²) in [5, 5.41) is 3.17. The average Bonchev–Trinajstić information content (AvgIpc) is 2.55. The number of allylic oxidation sites excluding steroid dienone is 1. The maximum absolute atomic E-state index is 12.2. The first kappa shape index (κ1) is 17.0. The number of hydrogen-bond donors (Lipinski definition) is 1. The van der Waals surface area contributed by atoms with E-state index in [9.17, 15) is 4.79 Å². The highest BCUT2D eigenvalue weighted by molar-refractivity contribution is 6.04. The van der Waals surface area contributed by atoms with Crippen LogP contribution in [0.4, 0.5) is 5.69 Å². The lowest BCUT2D eigenvalue weighted by Crippen LogP contribution is -1.98. The van der Waals surface area contributed by atoms with Gasteiger partial charge in [-0.3, -0.25) is 4.79 Å². The maximum atomic E-state index is 12.2. The van der Waals surface area contributed by atoms with Crippen molar-refractivity contribution in [2.24, 2.45) is 0 Å². The summed E-state index contributed by atoms with van der Waals surface area (Å²) in [4.78, 5) is 12.2. The molecular formula is C21H25NO. The molecule has 0 heterocycles. The standard InChI is InChI=1S/C21H25NO/c1-15(2)17-8-10-18(11-9-17)21(23)12-13-22-20-7-5-6-19(14-20)16(3)4/h5-16,22H,1-4H3. The van der Waals surface area contributed by atoms with Crippen LogP contribution in [0, 0.1) is 0 Å². The quantitative estimate of drug-likeness (QED) is 0.544. The van der Waals surface area contributed by atoms with Crippen molar-refractivity contribution in [2.75, 3.05) is 5.32 Å². The zero-order valence-corrected chi connectivity index (χ0v) is 14.3. The van der Waals surface area contributed by atoms with Crippen LogP contribution in [0.5, 0.6) is 0 Å². The summed E-state index contributed by atoms with van der Waals surface area (Å²) >= 11 is 0. The minimum absolute atomic E-state index is 0.00724. The topological polar surface area (TPSA) is 29.1 Å². The fourth-order valence-electron chi connectivity index (χ4n) is 2.33. The van der Waals surface area contributed by atoms with Crippen molar-refractivity contribution in [2.45, 2.75) is 39.5 Å². The van der Waals surface area contributed by atoms with E-state index in [0.717, 1.165) is 5.69 Å². The molecule has 23 heavy (non-hydrogen) atoms. The molecule has 0 saturated carbocycles. The van der Waals surface area contributed by atoms with Crippen LogP contribution in [-0.4, -0.2) is 5.78 Å². The first-order valence-corrected chi connectivity index (χ1v) is 8.14. The van der Waals surface area contributed by atoms with Crippen LogP contribution < -0.4 is 5.32 Å². The highest BCUT2D eigenvalue weighted by Gasteiger charge is 2.04. The van der Waals surface area contributed by atoms with Crippen molar-refractivity contribution < 1.29 is 4.79 Å². The minimum atomic E-state index is 0.00724. The van der Waals surface area contributed by atoms with Crippen molar-refractivity contribution in [3.8, 4) is 0 Å². The number of benzene rings is 2. The van der Waals surface area contributed by atoms with E-state index in [4.69, 9.17) is 0 Å². The Hall–Kier alpha value is -2.35. The van der Waals surface area contributed by atoms with E-state index in [1.807, 2.05) is 36.4 Å². The summed E-state index contributed by atoms with van der Waals surface area (Å²) in [6, 6.07) is 16.1. The summed E-state index contributed by atoms with van der Waals surface area (Å²) in [5.74, 6) is 0.972. The lowest BCUT2D eigenvalue weighted by atomic mass is 10.0. The van der Waals surface area contributed by atoms with Gasteiger partial charge in [-0.05, 0) is 35.1 Å². The third-order valence-corrected chi connectivity index (χ3v) is 3.90. The van der Waals surface area contributed by atoms with Gasteiger partial charge in [0.25, 0.3) is 0 Å². The number of carbonyl (C=O) groups excluding carboxylic acids is 1. The van der Waals surface area contributed by atoms with Crippen LogP contribution >= 0.6 is 0 Å². The first-order chi connectivity index (χ1) is 11.0. The van der Waals surface area contributed by atoms with Crippen LogP contribution in [0.25, 0.3) is 0 Å². The van der Waals surface area contributed by atoms with E-state index in [1.54, 1.807) is 12.3 Å². The molecule has 2 aromatic rings. The van der Waals surface area contributed by atoms with Gasteiger partial charge in [0.2, 0.25) is 0 Å². The fourth-order valence-corrected chi connectivity index (χ4v) is 2.33. The van der Waals surface area contributed by atoms with Gasteiger partial charge in [0.05, 0.1) is 0 Å². The molecule has 0 aliphatic rings. The summed E-state index contributed by atoms with van der Waals surface area (Å²) in [7, 11) is 0. The number of hydrogen-bond acceptors (Lipinski definition) is 2. The Balaban J connectivity index is 2.00.